The molecule has 2 rings (SSSR count). The van der Waals surface area contributed by atoms with Gasteiger partial charge in [-0.3, -0.25) is 4.79 Å². The summed E-state index contributed by atoms with van der Waals surface area (Å²) in [6, 6.07) is 0.0765. The highest BCUT2D eigenvalue weighted by Gasteiger charge is 2.47. The van der Waals surface area contributed by atoms with Crippen molar-refractivity contribution in [2.45, 2.75) is 123 Å². The van der Waals surface area contributed by atoms with Crippen LogP contribution in [-0.4, -0.2) is 51.0 Å². The normalized spacial score (nSPS) is 26.9. The molecule has 0 bridgehead atoms. The fraction of sp³-hybridized carbons (Fsp3) is 0.917. The minimum Gasteiger partial charge on any atom is -0.444 e. The highest BCUT2D eigenvalue weighted by atomic mass is 16.6. The van der Waals surface area contributed by atoms with E-state index in [1.54, 1.807) is 0 Å². The van der Waals surface area contributed by atoms with Crippen molar-refractivity contribution in [2.24, 2.45) is 17.8 Å². The average molecular weight is 440 g/mol. The van der Waals surface area contributed by atoms with Gasteiger partial charge in [0.1, 0.15) is 5.60 Å². The van der Waals surface area contributed by atoms with Crippen LogP contribution in [0.4, 0.5) is 4.79 Å². The van der Waals surface area contributed by atoms with Gasteiger partial charge in [0.2, 0.25) is 5.91 Å². The molecule has 1 aliphatic heterocycles. The van der Waals surface area contributed by atoms with Crippen LogP contribution in [0, 0.1) is 17.8 Å². The summed E-state index contributed by atoms with van der Waals surface area (Å²) in [6.07, 6.45) is 3.35. The monoisotopic (exact) mass is 439 g/mol. The number of hydrogen-bond donors (Lipinski definition) is 3. The zero-order chi connectivity index (χ0) is 23.8. The average Bonchev–Trinajstić information content (AvgIpc) is 3.27. The summed E-state index contributed by atoms with van der Waals surface area (Å²) >= 11 is 0. The predicted molar refractivity (Wildman–Crippen MR) is 122 cm³/mol. The Morgan fingerprint density at radius 1 is 1.13 bits per heavy atom. The molecule has 1 heterocycles. The van der Waals surface area contributed by atoms with E-state index < -0.39 is 5.60 Å². The van der Waals surface area contributed by atoms with E-state index in [-0.39, 0.29) is 41.1 Å². The van der Waals surface area contributed by atoms with Gasteiger partial charge in [0.05, 0.1) is 0 Å². The number of rotatable bonds is 7. The molecule has 1 aliphatic carbocycles. The summed E-state index contributed by atoms with van der Waals surface area (Å²) in [5.74, 6) is 1.12. The van der Waals surface area contributed by atoms with E-state index in [0.717, 1.165) is 12.8 Å². The third-order valence-corrected chi connectivity index (χ3v) is 6.37. The van der Waals surface area contributed by atoms with Gasteiger partial charge in [-0.05, 0) is 91.9 Å². The number of ether oxygens (including phenoxy) is 1. The molecule has 7 heteroatoms. The van der Waals surface area contributed by atoms with Crippen molar-refractivity contribution in [3.8, 4) is 0 Å². The summed E-state index contributed by atoms with van der Waals surface area (Å²) in [5.41, 5.74) is -1.30. The van der Waals surface area contributed by atoms with Crippen molar-refractivity contribution >= 4 is 12.0 Å². The molecule has 180 valence electrons. The zero-order valence-corrected chi connectivity index (χ0v) is 21.0. The van der Waals surface area contributed by atoms with Gasteiger partial charge < -0.3 is 20.6 Å². The molecule has 0 unspecified atom stereocenters. The molecule has 0 aromatic rings. The van der Waals surface area contributed by atoms with Crippen LogP contribution >= 0.6 is 0 Å². The first kappa shape index (κ1) is 25.9. The van der Waals surface area contributed by atoms with Crippen LogP contribution in [0.1, 0.15) is 94.4 Å². The molecule has 0 radical (unpaired) electrons. The van der Waals surface area contributed by atoms with Gasteiger partial charge in [-0.25, -0.2) is 4.79 Å². The molecule has 3 atom stereocenters. The minimum atomic E-state index is -0.527. The Hall–Kier alpha value is -1.34. The standard InChI is InChI=1S/C24H45N3O4/c1-15(2)10-19(26-21(29)31-22(3,4)5)18-11-16(18)12-20(28)25-17-13-23(6,7)27(30)24(8,9)14-17/h15-19,30H,10-14H2,1-9H3,(H,25,28)(H,26,29)/t16-,18+,19-/m0/s1. The highest BCUT2D eigenvalue weighted by Crippen LogP contribution is 2.45. The highest BCUT2D eigenvalue weighted by molar-refractivity contribution is 5.77. The van der Waals surface area contributed by atoms with E-state index in [0.29, 0.717) is 31.1 Å². The fourth-order valence-corrected chi connectivity index (χ4v) is 5.20. The third kappa shape index (κ3) is 7.63. The third-order valence-electron chi connectivity index (χ3n) is 6.37. The van der Waals surface area contributed by atoms with E-state index in [4.69, 9.17) is 4.74 Å². The quantitative estimate of drug-likeness (QED) is 0.544. The number of hydrogen-bond acceptors (Lipinski definition) is 5. The van der Waals surface area contributed by atoms with E-state index in [9.17, 15) is 14.8 Å². The Balaban J connectivity index is 1.89. The molecule has 31 heavy (non-hydrogen) atoms. The molecule has 0 spiro atoms. The minimum absolute atomic E-state index is 0.0307. The van der Waals surface area contributed by atoms with Crippen molar-refractivity contribution in [1.82, 2.24) is 15.7 Å². The van der Waals surface area contributed by atoms with Gasteiger partial charge in [0, 0.05) is 29.6 Å². The van der Waals surface area contributed by atoms with Gasteiger partial charge in [-0.15, -0.1) is 0 Å². The molecule has 0 aromatic carbocycles. The Kier molecular flexibility index (Phi) is 7.74. The van der Waals surface area contributed by atoms with Crippen molar-refractivity contribution in [2.75, 3.05) is 0 Å². The van der Waals surface area contributed by atoms with Gasteiger partial charge in [0.15, 0.2) is 0 Å². The van der Waals surface area contributed by atoms with Crippen LogP contribution in [-0.2, 0) is 9.53 Å². The van der Waals surface area contributed by atoms with Crippen molar-refractivity contribution in [1.29, 1.82) is 0 Å². The maximum absolute atomic E-state index is 12.8. The fourth-order valence-electron chi connectivity index (χ4n) is 5.20. The number of carbonyl (C=O) groups excluding carboxylic acids is 2. The van der Waals surface area contributed by atoms with Crippen LogP contribution in [0.15, 0.2) is 0 Å². The first-order valence-corrected chi connectivity index (χ1v) is 11.8. The number of alkyl carbamates (subject to hydrolysis) is 1. The van der Waals surface area contributed by atoms with Gasteiger partial charge in [-0.1, -0.05) is 13.8 Å². The molecule has 2 aliphatic rings. The molecular weight excluding hydrogens is 394 g/mol. The number of piperidine rings is 1. The van der Waals surface area contributed by atoms with Gasteiger partial charge in [0.25, 0.3) is 0 Å². The molecule has 1 saturated carbocycles. The summed E-state index contributed by atoms with van der Waals surface area (Å²) in [5, 5.41) is 18.1. The van der Waals surface area contributed by atoms with Crippen LogP contribution in [0.3, 0.4) is 0 Å². The smallest absolute Gasteiger partial charge is 0.407 e. The molecule has 7 nitrogen and oxygen atoms in total. The summed E-state index contributed by atoms with van der Waals surface area (Å²) < 4.78 is 5.44. The zero-order valence-electron chi connectivity index (χ0n) is 21.0. The number of amides is 2. The van der Waals surface area contributed by atoms with Gasteiger partial charge >= 0.3 is 6.09 Å². The van der Waals surface area contributed by atoms with Crippen LogP contribution < -0.4 is 10.6 Å². The molecule has 2 amide bonds. The molecule has 3 N–H and O–H groups in total. The Labute approximate surface area is 188 Å². The second kappa shape index (κ2) is 9.26. The predicted octanol–water partition coefficient (Wildman–Crippen LogP) is 4.48. The largest absolute Gasteiger partial charge is 0.444 e. The SMILES string of the molecule is CC(C)C[C@H](NC(=O)OC(C)(C)C)[C@@H]1C[C@H]1CC(=O)NC1CC(C)(C)N(O)C(C)(C)C1. The van der Waals surface area contributed by atoms with E-state index >= 15 is 0 Å². The molecule has 0 aromatic heterocycles. The van der Waals surface area contributed by atoms with E-state index in [1.165, 1.54) is 5.06 Å². The lowest BCUT2D eigenvalue weighted by Gasteiger charge is -2.51. The van der Waals surface area contributed by atoms with E-state index in [1.807, 2.05) is 48.5 Å². The van der Waals surface area contributed by atoms with Crippen molar-refractivity contribution in [3.63, 3.8) is 0 Å². The van der Waals surface area contributed by atoms with Crippen molar-refractivity contribution < 1.29 is 19.5 Å². The van der Waals surface area contributed by atoms with Crippen LogP contribution in [0.2, 0.25) is 0 Å². The van der Waals surface area contributed by atoms with Crippen molar-refractivity contribution in [3.05, 3.63) is 0 Å². The number of nitrogens with one attached hydrogen (secondary N) is 2. The molecule has 2 fully saturated rings. The lowest BCUT2D eigenvalue weighted by molar-refractivity contribution is -0.246. The number of carbonyl (C=O) groups is 2. The summed E-state index contributed by atoms with van der Waals surface area (Å²) in [7, 11) is 0. The number of nitrogens with zero attached hydrogens (tertiary/aromatic N) is 1. The first-order chi connectivity index (χ1) is 14.0. The lowest BCUT2D eigenvalue weighted by Crippen LogP contribution is -2.62. The Bertz CT molecular complexity index is 636. The maximum Gasteiger partial charge on any atom is 0.407 e. The Morgan fingerprint density at radius 3 is 2.16 bits per heavy atom. The van der Waals surface area contributed by atoms with Crippen LogP contribution in [0.5, 0.6) is 0 Å². The first-order valence-electron chi connectivity index (χ1n) is 11.8. The maximum atomic E-state index is 12.8. The number of hydroxylamine groups is 2. The lowest BCUT2D eigenvalue weighted by atomic mass is 9.79. The summed E-state index contributed by atoms with van der Waals surface area (Å²) in [6.45, 7) is 17.9. The van der Waals surface area contributed by atoms with E-state index in [2.05, 4.69) is 24.5 Å². The Morgan fingerprint density at radius 2 is 1.68 bits per heavy atom. The molecule has 1 saturated heterocycles. The second-order valence-electron chi connectivity index (χ2n) is 12.4. The topological polar surface area (TPSA) is 90.9 Å². The van der Waals surface area contributed by atoms with Gasteiger partial charge in [-0.2, -0.15) is 5.06 Å². The second-order valence-corrected chi connectivity index (χ2v) is 12.4. The van der Waals surface area contributed by atoms with Crippen LogP contribution in [0.25, 0.3) is 0 Å². The molecular formula is C24H45N3O4. The summed E-state index contributed by atoms with van der Waals surface area (Å²) in [4.78, 5) is 25.1.